The number of ether oxygens (including phenoxy) is 4. The molecule has 1 spiro atoms. The van der Waals surface area contributed by atoms with Crippen LogP contribution >= 0.6 is 0 Å². The zero-order valence-corrected chi connectivity index (χ0v) is 35.3. The van der Waals surface area contributed by atoms with Crippen LogP contribution in [-0.4, -0.2) is 109 Å². The van der Waals surface area contributed by atoms with Crippen LogP contribution in [0, 0.1) is 24.7 Å². The highest BCUT2D eigenvalue weighted by Crippen LogP contribution is 2.47. The van der Waals surface area contributed by atoms with E-state index in [0.29, 0.717) is 37.2 Å². The van der Waals surface area contributed by atoms with Crippen molar-refractivity contribution in [2.45, 2.75) is 70.0 Å². The van der Waals surface area contributed by atoms with E-state index in [4.69, 9.17) is 18.9 Å². The Morgan fingerprint density at radius 3 is 2.74 bits per heavy atom. The number of hydrogen-bond donors (Lipinski definition) is 1. The van der Waals surface area contributed by atoms with Crippen molar-refractivity contribution in [3.8, 4) is 11.6 Å². The molecule has 3 aromatic rings. The molecule has 1 saturated carbocycles. The fourth-order valence-electron chi connectivity index (χ4n) is 9.60. The lowest BCUT2D eigenvalue weighted by Crippen LogP contribution is -2.53. The molecule has 1 N–H and O–H groups in total. The molecule has 58 heavy (non-hydrogen) atoms. The number of carbonyl (C=O) groups excluding carboxylic acids is 2. The van der Waals surface area contributed by atoms with Crippen LogP contribution in [0.3, 0.4) is 0 Å². The molecule has 2 fully saturated rings. The molecule has 1 saturated heterocycles. The Labute approximate surface area is 342 Å². The lowest BCUT2D eigenvalue weighted by atomic mass is 9.68. The monoisotopic (exact) mass is 814 g/mol. The number of allylic oxidation sites excluding steroid dienone is 1. The molecular formula is C44H58N6O7S. The van der Waals surface area contributed by atoms with Gasteiger partial charge in [0.1, 0.15) is 21.2 Å². The lowest BCUT2D eigenvalue weighted by molar-refractivity contribution is -0.0592. The second-order valence-electron chi connectivity index (χ2n) is 17.2. The number of hydrogen-bond acceptors (Lipinski definition) is 10. The Morgan fingerprint density at radius 1 is 1.12 bits per heavy atom. The van der Waals surface area contributed by atoms with Gasteiger partial charge in [0.05, 0.1) is 44.0 Å². The highest BCUT2D eigenvalue weighted by molar-refractivity contribution is 7.92. The van der Waals surface area contributed by atoms with Gasteiger partial charge in [-0.05, 0) is 92.5 Å². The summed E-state index contributed by atoms with van der Waals surface area (Å²) < 4.78 is 47.5. The van der Waals surface area contributed by atoms with E-state index in [1.807, 2.05) is 19.1 Å². The largest absolute Gasteiger partial charge is 0.490 e. The topological polar surface area (TPSA) is 137 Å². The van der Waals surface area contributed by atoms with Gasteiger partial charge in [0.2, 0.25) is 5.88 Å². The van der Waals surface area contributed by atoms with Gasteiger partial charge in [-0.3, -0.25) is 23.9 Å². The van der Waals surface area contributed by atoms with Crippen LogP contribution in [0.5, 0.6) is 11.6 Å². The Hall–Kier alpha value is -4.24. The molecule has 14 heteroatoms. The van der Waals surface area contributed by atoms with Crippen molar-refractivity contribution in [2.24, 2.45) is 29.2 Å². The normalized spacial score (nSPS) is 29.5. The van der Waals surface area contributed by atoms with E-state index in [1.54, 1.807) is 20.2 Å². The van der Waals surface area contributed by atoms with E-state index < -0.39 is 21.7 Å². The molecular weight excluding hydrogens is 757 g/mol. The number of nitrogens with zero attached hydrogens (tertiary/aromatic N) is 5. The van der Waals surface area contributed by atoms with E-state index in [1.165, 1.54) is 34.7 Å². The van der Waals surface area contributed by atoms with Crippen LogP contribution in [-0.2, 0) is 38.3 Å². The van der Waals surface area contributed by atoms with Crippen molar-refractivity contribution in [1.82, 2.24) is 19.4 Å². The number of likely N-dealkylation sites (tertiary alicyclic amines) is 1. The van der Waals surface area contributed by atoms with Crippen molar-refractivity contribution >= 4 is 27.4 Å². The predicted molar refractivity (Wildman–Crippen MR) is 223 cm³/mol. The number of nitrogens with one attached hydrogen (secondary N) is 1. The number of benzene rings is 2. The quantitative estimate of drug-likeness (QED) is 0.291. The third kappa shape index (κ3) is 8.43. The maximum atomic E-state index is 14.8. The fourth-order valence-corrected chi connectivity index (χ4v) is 11.5. The highest BCUT2D eigenvalue weighted by atomic mass is 32.2. The molecule has 5 aliphatic rings. The summed E-state index contributed by atoms with van der Waals surface area (Å²) in [7, 11) is 1.23. The Bertz CT molecular complexity index is 2170. The minimum Gasteiger partial charge on any atom is -0.490 e. The number of methoxy groups -OCH3 is 2. The van der Waals surface area contributed by atoms with Gasteiger partial charge in [0, 0.05) is 64.1 Å². The summed E-state index contributed by atoms with van der Waals surface area (Å²) in [4.78, 5) is 32.6. The van der Waals surface area contributed by atoms with Crippen molar-refractivity contribution in [3.63, 3.8) is 0 Å². The summed E-state index contributed by atoms with van der Waals surface area (Å²) in [5, 5.41) is 4.18. The molecule has 4 heterocycles. The predicted octanol–water partition coefficient (Wildman–Crippen LogP) is 5.50. The van der Waals surface area contributed by atoms with Gasteiger partial charge in [-0.2, -0.15) is 0 Å². The number of amides is 2. The van der Waals surface area contributed by atoms with Crippen molar-refractivity contribution in [3.05, 3.63) is 82.6 Å². The Morgan fingerprint density at radius 2 is 1.97 bits per heavy atom. The maximum absolute atomic E-state index is 14.8. The molecule has 13 nitrogen and oxygen atoms in total. The zero-order chi connectivity index (χ0) is 40.6. The van der Waals surface area contributed by atoms with E-state index in [9.17, 15) is 13.8 Å². The number of carbonyl (C=O) groups is 2. The Kier molecular flexibility index (Phi) is 11.7. The fraction of sp³-hybridized carbons (Fsp3) is 0.568. The summed E-state index contributed by atoms with van der Waals surface area (Å²) in [6.07, 6.45) is 11.8. The number of rotatable bonds is 8. The first-order chi connectivity index (χ1) is 27.9. The highest BCUT2D eigenvalue weighted by Gasteiger charge is 2.44. The molecule has 2 amide bonds. The smallest absolute Gasteiger partial charge is 0.286 e. The molecule has 2 bridgehead atoms. The van der Waals surface area contributed by atoms with Crippen molar-refractivity contribution < 1.29 is 32.7 Å². The first kappa shape index (κ1) is 40.5. The SMILES string of the molecule is COc1nn(C)cc1C(=O)NS1(=O)=NC(=O)c2ccc3c(c2)N(C[C@@H]2CC[C@H]2[C@@H](OCCN2CC(OC)C2)/C=C/C[C@H](C)C1)C[C@@]1(CCCc2cc(C)ccc21)CO3. The van der Waals surface area contributed by atoms with Crippen molar-refractivity contribution in [2.75, 3.05) is 70.8 Å². The molecule has 3 aliphatic heterocycles. The van der Waals surface area contributed by atoms with Gasteiger partial charge in [-0.1, -0.05) is 42.8 Å². The number of anilines is 1. The van der Waals surface area contributed by atoms with Crippen LogP contribution in [0.4, 0.5) is 5.69 Å². The molecule has 312 valence electrons. The van der Waals surface area contributed by atoms with E-state index >= 15 is 0 Å². The van der Waals surface area contributed by atoms with Crippen LogP contribution in [0.15, 0.2) is 59.1 Å². The molecule has 2 aliphatic carbocycles. The van der Waals surface area contributed by atoms with Gasteiger partial charge in [0.15, 0.2) is 0 Å². The average Bonchev–Trinajstić information content (AvgIpc) is 3.48. The van der Waals surface area contributed by atoms with Crippen LogP contribution < -0.4 is 19.1 Å². The summed E-state index contributed by atoms with van der Waals surface area (Å²) in [5.41, 5.74) is 4.99. The lowest BCUT2D eigenvalue weighted by Gasteiger charge is -2.46. The minimum absolute atomic E-state index is 0.0355. The van der Waals surface area contributed by atoms with Gasteiger partial charge in [-0.25, -0.2) is 4.21 Å². The van der Waals surface area contributed by atoms with Gasteiger partial charge < -0.3 is 23.8 Å². The Balaban J connectivity index is 1.16. The molecule has 0 radical (unpaired) electrons. The van der Waals surface area contributed by atoms with E-state index in [0.717, 1.165) is 70.5 Å². The van der Waals surface area contributed by atoms with E-state index in [2.05, 4.69) is 61.3 Å². The summed E-state index contributed by atoms with van der Waals surface area (Å²) in [5.74, 6) is -0.0819. The summed E-state index contributed by atoms with van der Waals surface area (Å²) in [6.45, 7) is 9.46. The molecule has 1 unspecified atom stereocenters. The van der Waals surface area contributed by atoms with Crippen LogP contribution in [0.1, 0.15) is 76.4 Å². The van der Waals surface area contributed by atoms with Gasteiger partial charge >= 0.3 is 0 Å². The van der Waals surface area contributed by atoms with E-state index in [-0.39, 0.29) is 46.3 Å². The summed E-state index contributed by atoms with van der Waals surface area (Å²) in [6, 6.07) is 12.2. The van der Waals surface area contributed by atoms with Gasteiger partial charge in [-0.15, -0.1) is 9.46 Å². The van der Waals surface area contributed by atoms with Crippen molar-refractivity contribution in [1.29, 1.82) is 0 Å². The van der Waals surface area contributed by atoms with Gasteiger partial charge in [0.25, 0.3) is 11.8 Å². The zero-order valence-electron chi connectivity index (χ0n) is 34.5. The standard InChI is InChI=1S/C44H58N6O7S/c1-29-11-15-37-31(20-29)9-7-17-44(37)27-50-22-33-12-14-35(33)39(56-19-18-49-23-34(24-49)54-4)10-6-8-30(2)26-58(53,47-42(52)36-25-48(3)45-43(36)55-5)46-41(51)32-13-16-40(57-28-44)38(50)21-32/h6,10-11,13,15-16,20-21,25,30,33-35,39H,7-9,12,14,17-19,22-24,26-28H2,1-5H3,(H,46,47,51,52,53)/b10-6+/t30-,33-,35+,39-,44-,58?/m0/s1. The molecule has 1 aromatic heterocycles. The second kappa shape index (κ2) is 16.8. The third-order valence-electron chi connectivity index (χ3n) is 12.9. The molecule has 6 atom stereocenters. The second-order valence-corrected chi connectivity index (χ2v) is 19.2. The number of aryl methyl sites for hydroxylation is 3. The number of fused-ring (bicyclic) bond motifs is 4. The van der Waals surface area contributed by atoms with Crippen LogP contribution in [0.25, 0.3) is 0 Å². The molecule has 2 aromatic carbocycles. The minimum atomic E-state index is -3.62. The first-order valence-corrected chi connectivity index (χ1v) is 22.5. The van der Waals surface area contributed by atoms with Crippen LogP contribution in [0.2, 0.25) is 0 Å². The summed E-state index contributed by atoms with van der Waals surface area (Å²) >= 11 is 0. The number of aromatic nitrogens is 2. The third-order valence-corrected chi connectivity index (χ3v) is 14.9. The average molecular weight is 815 g/mol. The first-order valence-electron chi connectivity index (χ1n) is 20.8. The maximum Gasteiger partial charge on any atom is 0.286 e. The molecule has 8 rings (SSSR count).